The second-order valence-electron chi connectivity index (χ2n) is 4.50. The molecule has 2 aromatic rings. The van der Waals surface area contributed by atoms with Crippen LogP contribution in [-0.2, 0) is 11.8 Å². The molecular formula is C13H19N5O2. The molecule has 7 heteroatoms. The van der Waals surface area contributed by atoms with Crippen LogP contribution in [-0.4, -0.2) is 40.0 Å². The number of H-pyrrole nitrogens is 1. The average Bonchev–Trinajstić information content (AvgIpc) is 2.87. The largest absolute Gasteiger partial charge is 0.385 e. The minimum Gasteiger partial charge on any atom is -0.385 e. The smallest absolute Gasteiger partial charge is 0.291 e. The first-order valence-corrected chi connectivity index (χ1v) is 6.52. The lowest BCUT2D eigenvalue weighted by molar-refractivity contribution is 0.194. The van der Waals surface area contributed by atoms with Gasteiger partial charge < -0.3 is 15.0 Å². The quantitative estimate of drug-likeness (QED) is 0.738. The molecule has 20 heavy (non-hydrogen) atoms. The van der Waals surface area contributed by atoms with Crippen LogP contribution in [0, 0.1) is 0 Å². The van der Waals surface area contributed by atoms with Crippen molar-refractivity contribution in [1.82, 2.24) is 19.7 Å². The number of anilines is 1. The number of aryl methyl sites for hydroxylation is 1. The van der Waals surface area contributed by atoms with Crippen LogP contribution in [0.25, 0.3) is 11.3 Å². The van der Waals surface area contributed by atoms with Crippen LogP contribution in [0.15, 0.2) is 23.4 Å². The van der Waals surface area contributed by atoms with E-state index in [-0.39, 0.29) is 5.56 Å². The monoisotopic (exact) mass is 277 g/mol. The molecule has 108 valence electrons. The van der Waals surface area contributed by atoms with Crippen LogP contribution in [0.5, 0.6) is 0 Å². The molecular weight excluding hydrogens is 258 g/mol. The molecule has 0 aliphatic heterocycles. The highest BCUT2D eigenvalue weighted by atomic mass is 16.5. The molecule has 0 radical (unpaired) electrons. The maximum atomic E-state index is 11.9. The van der Waals surface area contributed by atoms with Gasteiger partial charge in [0.25, 0.3) is 5.56 Å². The lowest BCUT2D eigenvalue weighted by Crippen LogP contribution is -2.17. The zero-order chi connectivity index (χ0) is 14.4. The Bertz CT molecular complexity index is 605. The van der Waals surface area contributed by atoms with Gasteiger partial charge in [-0.15, -0.1) is 0 Å². The van der Waals surface area contributed by atoms with Crippen LogP contribution < -0.4 is 10.9 Å². The minimum absolute atomic E-state index is 0.224. The topological polar surface area (TPSA) is 84.8 Å². The fourth-order valence-corrected chi connectivity index (χ4v) is 1.81. The number of aromatic nitrogens is 4. The van der Waals surface area contributed by atoms with Gasteiger partial charge in [0.15, 0.2) is 5.82 Å². The number of rotatable bonds is 7. The normalized spacial score (nSPS) is 10.7. The number of ether oxygens (including phenoxy) is 1. The molecule has 0 unspecified atom stereocenters. The predicted molar refractivity (Wildman–Crippen MR) is 76.7 cm³/mol. The Balaban J connectivity index is 1.98. The first-order valence-electron chi connectivity index (χ1n) is 6.52. The molecule has 0 aliphatic rings. The summed E-state index contributed by atoms with van der Waals surface area (Å²) in [4.78, 5) is 18.9. The van der Waals surface area contributed by atoms with Gasteiger partial charge in [0, 0.05) is 39.1 Å². The number of aromatic amines is 1. The van der Waals surface area contributed by atoms with Crippen molar-refractivity contribution in [3.63, 3.8) is 0 Å². The van der Waals surface area contributed by atoms with Crippen molar-refractivity contribution in [3.8, 4) is 11.3 Å². The number of nitrogens with one attached hydrogen (secondary N) is 2. The first-order chi connectivity index (χ1) is 9.70. The van der Waals surface area contributed by atoms with Gasteiger partial charge in [0.2, 0.25) is 0 Å². The van der Waals surface area contributed by atoms with Crippen molar-refractivity contribution >= 4 is 5.82 Å². The summed E-state index contributed by atoms with van der Waals surface area (Å²) >= 11 is 0. The number of nitrogens with zero attached hydrogens (tertiary/aromatic N) is 3. The highest BCUT2D eigenvalue weighted by molar-refractivity contribution is 5.56. The lowest BCUT2D eigenvalue weighted by atomic mass is 10.3. The van der Waals surface area contributed by atoms with Crippen LogP contribution in [0.1, 0.15) is 12.8 Å². The second kappa shape index (κ2) is 6.85. The van der Waals surface area contributed by atoms with Gasteiger partial charge in [-0.2, -0.15) is 5.10 Å². The van der Waals surface area contributed by atoms with Gasteiger partial charge >= 0.3 is 0 Å². The fraction of sp³-hybridized carbons (Fsp3) is 0.462. The molecule has 0 saturated heterocycles. The second-order valence-corrected chi connectivity index (χ2v) is 4.50. The summed E-state index contributed by atoms with van der Waals surface area (Å²) in [6, 6.07) is 0. The van der Waals surface area contributed by atoms with E-state index >= 15 is 0 Å². The molecule has 0 saturated carbocycles. The van der Waals surface area contributed by atoms with E-state index < -0.39 is 0 Å². The van der Waals surface area contributed by atoms with Crippen molar-refractivity contribution in [2.75, 3.05) is 25.6 Å². The van der Waals surface area contributed by atoms with Gasteiger partial charge in [-0.05, 0) is 12.8 Å². The van der Waals surface area contributed by atoms with Gasteiger partial charge in [-0.25, -0.2) is 4.98 Å². The van der Waals surface area contributed by atoms with E-state index in [4.69, 9.17) is 4.74 Å². The van der Waals surface area contributed by atoms with Gasteiger partial charge in [-0.1, -0.05) is 0 Å². The van der Waals surface area contributed by atoms with E-state index in [9.17, 15) is 4.79 Å². The average molecular weight is 277 g/mol. The van der Waals surface area contributed by atoms with Crippen molar-refractivity contribution in [1.29, 1.82) is 0 Å². The fourth-order valence-electron chi connectivity index (χ4n) is 1.81. The van der Waals surface area contributed by atoms with Crippen LogP contribution in [0.4, 0.5) is 5.82 Å². The lowest BCUT2D eigenvalue weighted by Gasteiger charge is -2.05. The van der Waals surface area contributed by atoms with Crippen molar-refractivity contribution in [2.24, 2.45) is 7.05 Å². The summed E-state index contributed by atoms with van der Waals surface area (Å²) in [6.07, 6.45) is 7.03. The van der Waals surface area contributed by atoms with E-state index in [0.29, 0.717) is 18.1 Å². The third-order valence-electron chi connectivity index (χ3n) is 2.87. The molecule has 2 aromatic heterocycles. The van der Waals surface area contributed by atoms with E-state index in [1.165, 1.54) is 0 Å². The summed E-state index contributed by atoms with van der Waals surface area (Å²) in [7, 11) is 3.50. The molecule has 0 fully saturated rings. The molecule has 7 nitrogen and oxygen atoms in total. The van der Waals surface area contributed by atoms with E-state index in [1.54, 1.807) is 24.2 Å². The molecule has 0 aromatic carbocycles. The summed E-state index contributed by atoms with van der Waals surface area (Å²) in [5, 5.41) is 7.09. The van der Waals surface area contributed by atoms with Crippen LogP contribution in [0.3, 0.4) is 0 Å². The Kier molecular flexibility index (Phi) is 4.89. The Labute approximate surface area is 117 Å². The maximum absolute atomic E-state index is 11.9. The minimum atomic E-state index is -0.224. The maximum Gasteiger partial charge on any atom is 0.291 e. The highest BCUT2D eigenvalue weighted by Gasteiger charge is 2.05. The third-order valence-corrected chi connectivity index (χ3v) is 2.87. The van der Waals surface area contributed by atoms with E-state index in [0.717, 1.165) is 25.0 Å². The Morgan fingerprint density at radius 1 is 1.40 bits per heavy atom. The molecule has 2 rings (SSSR count). The highest BCUT2D eigenvalue weighted by Crippen LogP contribution is 2.13. The molecule has 2 N–H and O–H groups in total. The summed E-state index contributed by atoms with van der Waals surface area (Å²) < 4.78 is 6.64. The Morgan fingerprint density at radius 2 is 2.25 bits per heavy atom. The standard InChI is InChI=1S/C13H19N5O2/c1-18-9-10(7-16-18)11-8-15-12(13(19)17-11)14-5-3-4-6-20-2/h7-9H,3-6H2,1-2H3,(H,14,15)(H,17,19). The van der Waals surface area contributed by atoms with Gasteiger partial charge in [0.1, 0.15) is 0 Å². The van der Waals surface area contributed by atoms with E-state index in [1.807, 2.05) is 13.2 Å². The zero-order valence-electron chi connectivity index (χ0n) is 11.7. The number of hydrogen-bond acceptors (Lipinski definition) is 5. The summed E-state index contributed by atoms with van der Waals surface area (Å²) in [6.45, 7) is 1.43. The molecule has 0 aliphatic carbocycles. The molecule has 0 bridgehead atoms. The van der Waals surface area contributed by atoms with Crippen molar-refractivity contribution in [3.05, 3.63) is 28.9 Å². The van der Waals surface area contributed by atoms with Crippen LogP contribution in [0.2, 0.25) is 0 Å². The number of methoxy groups -OCH3 is 1. The molecule has 0 amide bonds. The number of hydrogen-bond donors (Lipinski definition) is 2. The van der Waals surface area contributed by atoms with Crippen molar-refractivity contribution in [2.45, 2.75) is 12.8 Å². The predicted octanol–water partition coefficient (Wildman–Crippen LogP) is 1.01. The van der Waals surface area contributed by atoms with Crippen LogP contribution >= 0.6 is 0 Å². The summed E-state index contributed by atoms with van der Waals surface area (Å²) in [5.74, 6) is 0.343. The van der Waals surface area contributed by atoms with Gasteiger partial charge in [0.05, 0.1) is 18.1 Å². The molecule has 2 heterocycles. The van der Waals surface area contributed by atoms with E-state index in [2.05, 4.69) is 20.4 Å². The zero-order valence-corrected chi connectivity index (χ0v) is 11.7. The first kappa shape index (κ1) is 14.3. The Morgan fingerprint density at radius 3 is 2.90 bits per heavy atom. The summed E-state index contributed by atoms with van der Waals surface area (Å²) in [5.41, 5.74) is 1.27. The SMILES string of the molecule is COCCCCNc1ncc(-c2cnn(C)c2)[nH]c1=O. The third kappa shape index (κ3) is 3.67. The molecule has 0 atom stereocenters. The Hall–Kier alpha value is -2.15. The number of unbranched alkanes of at least 4 members (excludes halogenated alkanes) is 1. The molecule has 0 spiro atoms. The van der Waals surface area contributed by atoms with Gasteiger partial charge in [-0.3, -0.25) is 9.48 Å². The van der Waals surface area contributed by atoms with Crippen molar-refractivity contribution < 1.29 is 4.74 Å².